The van der Waals surface area contributed by atoms with Crippen molar-refractivity contribution in [2.75, 3.05) is 5.73 Å². The van der Waals surface area contributed by atoms with Gasteiger partial charge in [0.1, 0.15) is 0 Å². The van der Waals surface area contributed by atoms with Gasteiger partial charge >= 0.3 is 0 Å². The minimum Gasteiger partial charge on any atom is -0.395 e. The summed E-state index contributed by atoms with van der Waals surface area (Å²) in [5, 5.41) is 12.6. The molecule has 2 heterocycles. The van der Waals surface area contributed by atoms with Crippen molar-refractivity contribution in [3.63, 3.8) is 0 Å². The number of nitrogens with one attached hydrogen (secondary N) is 2. The quantitative estimate of drug-likeness (QED) is 0.685. The maximum Gasteiger partial charge on any atom is 0.274 e. The molecule has 0 aromatic carbocycles. The van der Waals surface area contributed by atoms with E-state index in [2.05, 4.69) is 25.7 Å². The molecule has 4 N–H and O–H groups in total. The third-order valence-electron chi connectivity index (χ3n) is 2.18. The van der Waals surface area contributed by atoms with Crippen LogP contribution in [0.25, 0.3) is 0 Å². The fourth-order valence-electron chi connectivity index (χ4n) is 1.26. The first kappa shape index (κ1) is 11.1. The minimum atomic E-state index is -0.386. The third-order valence-corrected chi connectivity index (χ3v) is 2.18. The highest BCUT2D eigenvalue weighted by Crippen LogP contribution is 2.12. The first-order chi connectivity index (χ1) is 8.08. The number of aromatic nitrogens is 4. The van der Waals surface area contributed by atoms with Crippen LogP contribution in [0, 0.1) is 13.8 Å². The Balaban J connectivity index is 2.00. The lowest BCUT2D eigenvalue weighted by Gasteiger charge is -1.99. The van der Waals surface area contributed by atoms with Crippen molar-refractivity contribution in [1.82, 2.24) is 25.7 Å². The summed E-state index contributed by atoms with van der Waals surface area (Å²) in [4.78, 5) is 15.6. The highest BCUT2D eigenvalue weighted by Gasteiger charge is 2.15. The van der Waals surface area contributed by atoms with Gasteiger partial charge < -0.3 is 15.6 Å². The standard InChI is InChI=1S/C9H12N6O2/c1-4-7(10)8(14-13-4)9(16)11-3-6-12-5(2)15-17-6/h3,10H2,1-2H3,(H,11,16)(H,13,14). The zero-order valence-electron chi connectivity index (χ0n) is 9.44. The third kappa shape index (κ3) is 2.25. The molecule has 0 spiro atoms. The Hall–Kier alpha value is -2.38. The van der Waals surface area contributed by atoms with Crippen LogP contribution in [0.2, 0.25) is 0 Å². The van der Waals surface area contributed by atoms with E-state index in [0.717, 1.165) is 0 Å². The Kier molecular flexibility index (Phi) is 2.77. The molecular weight excluding hydrogens is 224 g/mol. The summed E-state index contributed by atoms with van der Waals surface area (Å²) in [6.45, 7) is 3.58. The summed E-state index contributed by atoms with van der Waals surface area (Å²) in [5.41, 5.74) is 6.83. The number of nitrogens with two attached hydrogens (primary N) is 1. The SMILES string of the molecule is Cc1noc(CNC(=O)c2n[nH]c(C)c2N)n1. The summed E-state index contributed by atoms with van der Waals surface area (Å²) < 4.78 is 4.85. The zero-order chi connectivity index (χ0) is 12.4. The number of hydrogen-bond donors (Lipinski definition) is 3. The van der Waals surface area contributed by atoms with Crippen LogP contribution in [-0.4, -0.2) is 26.2 Å². The number of carbonyl (C=O) groups is 1. The molecule has 0 atom stereocenters. The first-order valence-electron chi connectivity index (χ1n) is 4.95. The van der Waals surface area contributed by atoms with Crippen LogP contribution in [0.1, 0.15) is 27.9 Å². The van der Waals surface area contributed by atoms with Crippen molar-refractivity contribution in [3.05, 3.63) is 23.1 Å². The molecule has 8 nitrogen and oxygen atoms in total. The van der Waals surface area contributed by atoms with Gasteiger partial charge in [0.2, 0.25) is 5.89 Å². The summed E-state index contributed by atoms with van der Waals surface area (Å²) in [7, 11) is 0. The fraction of sp³-hybridized carbons (Fsp3) is 0.333. The summed E-state index contributed by atoms with van der Waals surface area (Å²) in [5.74, 6) is 0.466. The molecule has 0 saturated heterocycles. The number of anilines is 1. The van der Waals surface area contributed by atoms with Crippen molar-refractivity contribution in [3.8, 4) is 0 Å². The fourth-order valence-corrected chi connectivity index (χ4v) is 1.26. The van der Waals surface area contributed by atoms with E-state index in [1.54, 1.807) is 13.8 Å². The topological polar surface area (TPSA) is 123 Å². The average Bonchev–Trinajstić information content (AvgIpc) is 2.84. The molecule has 0 bridgehead atoms. The number of aryl methyl sites for hydroxylation is 2. The number of carbonyl (C=O) groups excluding carboxylic acids is 1. The number of nitrogens with zero attached hydrogens (tertiary/aromatic N) is 3. The Morgan fingerprint density at radius 2 is 2.29 bits per heavy atom. The molecule has 0 aliphatic heterocycles. The van der Waals surface area contributed by atoms with Crippen LogP contribution in [0.4, 0.5) is 5.69 Å². The summed E-state index contributed by atoms with van der Waals surface area (Å²) in [6, 6.07) is 0. The van der Waals surface area contributed by atoms with E-state index in [-0.39, 0.29) is 18.1 Å². The van der Waals surface area contributed by atoms with E-state index in [4.69, 9.17) is 10.3 Å². The maximum atomic E-state index is 11.7. The van der Waals surface area contributed by atoms with Crippen LogP contribution in [-0.2, 0) is 6.54 Å². The predicted molar refractivity (Wildman–Crippen MR) is 57.9 cm³/mol. The van der Waals surface area contributed by atoms with E-state index in [0.29, 0.717) is 23.1 Å². The lowest BCUT2D eigenvalue weighted by Crippen LogP contribution is -2.24. The maximum absolute atomic E-state index is 11.7. The number of rotatable bonds is 3. The van der Waals surface area contributed by atoms with E-state index in [1.165, 1.54) is 0 Å². The van der Waals surface area contributed by atoms with Gasteiger partial charge in [0, 0.05) is 0 Å². The molecule has 90 valence electrons. The van der Waals surface area contributed by atoms with E-state index in [1.807, 2.05) is 0 Å². The molecule has 0 fully saturated rings. The number of hydrogen-bond acceptors (Lipinski definition) is 6. The van der Waals surface area contributed by atoms with Crippen LogP contribution in [0.15, 0.2) is 4.52 Å². The van der Waals surface area contributed by atoms with Gasteiger partial charge in [-0.3, -0.25) is 9.89 Å². The lowest BCUT2D eigenvalue weighted by atomic mass is 10.3. The summed E-state index contributed by atoms with van der Waals surface area (Å²) in [6.07, 6.45) is 0. The summed E-state index contributed by atoms with van der Waals surface area (Å²) >= 11 is 0. The van der Waals surface area contributed by atoms with Gasteiger partial charge in [0.05, 0.1) is 17.9 Å². The normalized spacial score (nSPS) is 10.5. The van der Waals surface area contributed by atoms with Crippen LogP contribution >= 0.6 is 0 Å². The second-order valence-corrected chi connectivity index (χ2v) is 3.53. The molecule has 2 rings (SSSR count). The highest BCUT2D eigenvalue weighted by molar-refractivity contribution is 5.97. The minimum absolute atomic E-state index is 0.144. The molecule has 1 amide bonds. The van der Waals surface area contributed by atoms with Crippen molar-refractivity contribution in [2.24, 2.45) is 0 Å². The second kappa shape index (κ2) is 4.24. The Labute approximate surface area is 96.6 Å². The van der Waals surface area contributed by atoms with Crippen molar-refractivity contribution < 1.29 is 9.32 Å². The van der Waals surface area contributed by atoms with Crippen molar-refractivity contribution in [2.45, 2.75) is 20.4 Å². The van der Waals surface area contributed by atoms with Gasteiger partial charge in [-0.15, -0.1) is 0 Å². The molecule has 2 aromatic heterocycles. The number of aromatic amines is 1. The van der Waals surface area contributed by atoms with Gasteiger partial charge in [0.25, 0.3) is 5.91 Å². The smallest absolute Gasteiger partial charge is 0.274 e. The molecule has 0 saturated carbocycles. The molecule has 8 heteroatoms. The van der Waals surface area contributed by atoms with Crippen LogP contribution < -0.4 is 11.1 Å². The van der Waals surface area contributed by atoms with Crippen molar-refractivity contribution >= 4 is 11.6 Å². The number of amides is 1. The van der Waals surface area contributed by atoms with E-state index >= 15 is 0 Å². The molecule has 0 aliphatic rings. The first-order valence-corrected chi connectivity index (χ1v) is 4.95. The molecule has 2 aromatic rings. The predicted octanol–water partition coefficient (Wildman–Crippen LogP) is -0.0783. The molecule has 0 radical (unpaired) electrons. The second-order valence-electron chi connectivity index (χ2n) is 3.53. The van der Waals surface area contributed by atoms with Gasteiger partial charge in [-0.25, -0.2) is 0 Å². The largest absolute Gasteiger partial charge is 0.395 e. The van der Waals surface area contributed by atoms with Crippen LogP contribution in [0.3, 0.4) is 0 Å². The lowest BCUT2D eigenvalue weighted by molar-refractivity contribution is 0.0942. The van der Waals surface area contributed by atoms with Gasteiger partial charge in [0.15, 0.2) is 11.5 Å². The van der Waals surface area contributed by atoms with Gasteiger partial charge in [-0.05, 0) is 13.8 Å². The van der Waals surface area contributed by atoms with Crippen LogP contribution in [0.5, 0.6) is 0 Å². The molecule has 0 aliphatic carbocycles. The van der Waals surface area contributed by atoms with E-state index in [9.17, 15) is 4.79 Å². The van der Waals surface area contributed by atoms with Gasteiger partial charge in [-0.2, -0.15) is 10.1 Å². The Morgan fingerprint density at radius 3 is 2.82 bits per heavy atom. The molecule has 0 unspecified atom stereocenters. The van der Waals surface area contributed by atoms with Crippen molar-refractivity contribution in [1.29, 1.82) is 0 Å². The number of H-pyrrole nitrogens is 1. The average molecular weight is 236 g/mol. The van der Waals surface area contributed by atoms with E-state index < -0.39 is 0 Å². The molecule has 17 heavy (non-hydrogen) atoms. The Morgan fingerprint density at radius 1 is 1.53 bits per heavy atom. The highest BCUT2D eigenvalue weighted by atomic mass is 16.5. The number of nitrogen functional groups attached to an aromatic ring is 1. The monoisotopic (exact) mass is 236 g/mol. The Bertz CT molecular complexity index is 543. The molecular formula is C9H12N6O2. The zero-order valence-corrected chi connectivity index (χ0v) is 9.44. The van der Waals surface area contributed by atoms with Gasteiger partial charge in [-0.1, -0.05) is 5.16 Å².